The summed E-state index contributed by atoms with van der Waals surface area (Å²) in [4.78, 5) is 38.0. The Morgan fingerprint density at radius 3 is 2.28 bits per heavy atom. The second-order valence-corrected chi connectivity index (χ2v) is 6.53. The van der Waals surface area contributed by atoms with Gasteiger partial charge in [-0.25, -0.2) is 9.69 Å². The van der Waals surface area contributed by atoms with Crippen LogP contribution in [0.4, 0.5) is 0 Å². The lowest BCUT2D eigenvalue weighted by molar-refractivity contribution is 0.0227. The van der Waals surface area contributed by atoms with Gasteiger partial charge in [0.25, 0.3) is 11.8 Å². The fraction of sp³-hybridized carbons (Fsp3) is 0.316. The number of esters is 1. The molecule has 0 atom stereocenters. The highest BCUT2D eigenvalue weighted by molar-refractivity contribution is 6.21. The first-order valence-electron chi connectivity index (χ1n) is 8.30. The van der Waals surface area contributed by atoms with Gasteiger partial charge in [-0.15, -0.1) is 0 Å². The number of aromatic nitrogens is 1. The van der Waals surface area contributed by atoms with Gasteiger partial charge in [0.15, 0.2) is 6.73 Å². The minimum atomic E-state index is -0.517. The molecular weight excluding hydrogens is 320 g/mol. The van der Waals surface area contributed by atoms with Gasteiger partial charge in [0, 0.05) is 17.4 Å². The fourth-order valence-electron chi connectivity index (χ4n) is 3.44. The summed E-state index contributed by atoms with van der Waals surface area (Å²) in [5.74, 6) is -1.38. The van der Waals surface area contributed by atoms with Crippen LogP contribution in [-0.2, 0) is 4.74 Å². The first-order chi connectivity index (χ1) is 12.0. The van der Waals surface area contributed by atoms with E-state index >= 15 is 0 Å². The number of nitrogens with zero attached hydrogens (tertiary/aromatic N) is 2. The van der Waals surface area contributed by atoms with Crippen molar-refractivity contribution in [2.24, 2.45) is 0 Å². The van der Waals surface area contributed by atoms with Crippen LogP contribution in [-0.4, -0.2) is 34.0 Å². The van der Waals surface area contributed by atoms with E-state index < -0.39 is 17.8 Å². The average molecular weight is 338 g/mol. The summed E-state index contributed by atoms with van der Waals surface area (Å²) >= 11 is 0. The van der Waals surface area contributed by atoms with Crippen LogP contribution in [0.25, 0.3) is 0 Å². The molecule has 2 amide bonds. The quantitative estimate of drug-likeness (QED) is 0.635. The molecule has 1 aromatic carbocycles. The van der Waals surface area contributed by atoms with E-state index in [9.17, 15) is 14.4 Å². The lowest BCUT2D eigenvalue weighted by Gasteiger charge is -2.14. The number of carbonyl (C=O) groups excluding carboxylic acids is 3. The van der Waals surface area contributed by atoms with Crippen molar-refractivity contribution in [1.82, 2.24) is 9.47 Å². The predicted molar refractivity (Wildman–Crippen MR) is 89.4 cm³/mol. The standard InChI is InChI=1S/C19H18N2O4/c1-11-9-16(12(2)21(11)13-7-8-13)19(24)25-10-20-17(22)14-5-3-4-6-15(14)18(20)23/h3-6,9,13H,7-8,10H2,1-2H3. The number of imide groups is 1. The summed E-state index contributed by atoms with van der Waals surface area (Å²) in [6, 6.07) is 8.87. The van der Waals surface area contributed by atoms with E-state index in [-0.39, 0.29) is 6.73 Å². The molecular formula is C19H18N2O4. The van der Waals surface area contributed by atoms with Crippen molar-refractivity contribution in [3.8, 4) is 0 Å². The first kappa shape index (κ1) is 15.6. The van der Waals surface area contributed by atoms with Crippen LogP contribution < -0.4 is 0 Å². The highest BCUT2D eigenvalue weighted by Gasteiger charge is 2.36. The third-order valence-corrected chi connectivity index (χ3v) is 4.82. The van der Waals surface area contributed by atoms with Gasteiger partial charge in [0.2, 0.25) is 0 Å². The predicted octanol–water partition coefficient (Wildman–Crippen LogP) is 2.85. The molecule has 25 heavy (non-hydrogen) atoms. The van der Waals surface area contributed by atoms with E-state index in [0.717, 1.165) is 29.1 Å². The zero-order valence-electron chi connectivity index (χ0n) is 14.1. The van der Waals surface area contributed by atoms with Crippen molar-refractivity contribution in [3.63, 3.8) is 0 Å². The van der Waals surface area contributed by atoms with Crippen LogP contribution in [0.1, 0.15) is 61.3 Å². The Kier molecular flexibility index (Phi) is 3.49. The van der Waals surface area contributed by atoms with Crippen molar-refractivity contribution in [2.45, 2.75) is 32.7 Å². The first-order valence-corrected chi connectivity index (χ1v) is 8.30. The van der Waals surface area contributed by atoms with Gasteiger partial charge < -0.3 is 9.30 Å². The number of benzene rings is 1. The maximum absolute atomic E-state index is 12.4. The zero-order valence-corrected chi connectivity index (χ0v) is 14.1. The topological polar surface area (TPSA) is 68.6 Å². The van der Waals surface area contributed by atoms with Gasteiger partial charge >= 0.3 is 5.97 Å². The van der Waals surface area contributed by atoms with Gasteiger partial charge in [0.05, 0.1) is 16.7 Å². The molecule has 0 spiro atoms. The van der Waals surface area contributed by atoms with Gasteiger partial charge in [-0.1, -0.05) is 12.1 Å². The highest BCUT2D eigenvalue weighted by Crippen LogP contribution is 2.38. The smallest absolute Gasteiger partial charge is 0.341 e. The Morgan fingerprint density at radius 2 is 1.72 bits per heavy atom. The molecule has 128 valence electrons. The Morgan fingerprint density at radius 1 is 1.12 bits per heavy atom. The number of fused-ring (bicyclic) bond motifs is 1. The van der Waals surface area contributed by atoms with Crippen molar-refractivity contribution in [2.75, 3.05) is 6.73 Å². The molecule has 0 bridgehead atoms. The summed E-state index contributed by atoms with van der Waals surface area (Å²) < 4.78 is 7.42. The minimum absolute atomic E-state index is 0.343. The number of amides is 2. The molecule has 1 aliphatic carbocycles. The monoisotopic (exact) mass is 338 g/mol. The van der Waals surface area contributed by atoms with E-state index in [1.54, 1.807) is 30.3 Å². The maximum Gasteiger partial charge on any atom is 0.341 e. The lowest BCUT2D eigenvalue weighted by Crippen LogP contribution is -2.33. The molecule has 2 aliphatic rings. The van der Waals surface area contributed by atoms with Gasteiger partial charge in [0.1, 0.15) is 0 Å². The van der Waals surface area contributed by atoms with Crippen LogP contribution in [0.5, 0.6) is 0 Å². The molecule has 2 aromatic rings. The van der Waals surface area contributed by atoms with Crippen LogP contribution in [0.2, 0.25) is 0 Å². The summed E-state index contributed by atoms with van der Waals surface area (Å²) in [5, 5.41) is 0. The minimum Gasteiger partial charge on any atom is -0.440 e. The highest BCUT2D eigenvalue weighted by atomic mass is 16.5. The third kappa shape index (κ3) is 2.45. The Bertz CT molecular complexity index is 873. The third-order valence-electron chi connectivity index (χ3n) is 4.82. The molecule has 1 saturated carbocycles. The number of aryl methyl sites for hydroxylation is 1. The second kappa shape index (κ2) is 5.58. The number of hydrogen-bond donors (Lipinski definition) is 0. The molecule has 0 unspecified atom stereocenters. The van der Waals surface area contributed by atoms with Crippen LogP contribution in [0.15, 0.2) is 30.3 Å². The van der Waals surface area contributed by atoms with E-state index in [4.69, 9.17) is 4.74 Å². The Balaban J connectivity index is 1.49. The van der Waals surface area contributed by atoms with Gasteiger partial charge in [-0.2, -0.15) is 0 Å². The Labute approximate surface area is 145 Å². The summed E-state index contributed by atoms with van der Waals surface area (Å²) in [6.45, 7) is 3.48. The summed E-state index contributed by atoms with van der Waals surface area (Å²) in [6.07, 6.45) is 2.25. The van der Waals surface area contributed by atoms with Crippen molar-refractivity contribution in [3.05, 3.63) is 58.4 Å². The number of rotatable bonds is 4. The van der Waals surface area contributed by atoms with Crippen LogP contribution in [0, 0.1) is 13.8 Å². The summed E-state index contributed by atoms with van der Waals surface area (Å²) in [7, 11) is 0. The largest absolute Gasteiger partial charge is 0.440 e. The average Bonchev–Trinajstić information content (AvgIpc) is 3.34. The number of hydrogen-bond acceptors (Lipinski definition) is 4. The molecule has 1 aromatic heterocycles. The molecule has 2 heterocycles. The molecule has 1 fully saturated rings. The second-order valence-electron chi connectivity index (χ2n) is 6.53. The normalized spacial score (nSPS) is 16.3. The molecule has 1 aliphatic heterocycles. The van der Waals surface area contributed by atoms with Gasteiger partial charge in [-0.3, -0.25) is 9.59 Å². The van der Waals surface area contributed by atoms with Crippen molar-refractivity contribution < 1.29 is 19.1 Å². The molecule has 6 heteroatoms. The summed E-state index contributed by atoms with van der Waals surface area (Å²) in [5.41, 5.74) is 3.06. The van der Waals surface area contributed by atoms with Crippen molar-refractivity contribution >= 4 is 17.8 Å². The van der Waals surface area contributed by atoms with E-state index in [1.165, 1.54) is 0 Å². The van der Waals surface area contributed by atoms with Crippen molar-refractivity contribution in [1.29, 1.82) is 0 Å². The van der Waals surface area contributed by atoms with E-state index in [0.29, 0.717) is 22.7 Å². The molecule has 6 nitrogen and oxygen atoms in total. The van der Waals surface area contributed by atoms with E-state index in [1.807, 2.05) is 13.8 Å². The SMILES string of the molecule is Cc1cc(C(=O)OCN2C(=O)c3ccccc3C2=O)c(C)n1C1CC1. The van der Waals surface area contributed by atoms with Gasteiger partial charge in [-0.05, 0) is 44.9 Å². The molecule has 0 saturated heterocycles. The zero-order chi connectivity index (χ0) is 17.7. The Hall–Kier alpha value is -2.89. The molecule has 4 rings (SSSR count). The number of carbonyl (C=O) groups is 3. The van der Waals surface area contributed by atoms with Crippen LogP contribution >= 0.6 is 0 Å². The fourth-order valence-corrected chi connectivity index (χ4v) is 3.44. The number of ether oxygens (including phenoxy) is 1. The van der Waals surface area contributed by atoms with E-state index in [2.05, 4.69) is 4.57 Å². The van der Waals surface area contributed by atoms with Crippen LogP contribution in [0.3, 0.4) is 0 Å². The lowest BCUT2D eigenvalue weighted by atomic mass is 10.1. The molecule has 0 radical (unpaired) electrons. The maximum atomic E-state index is 12.4. The molecule has 0 N–H and O–H groups in total.